The quantitative estimate of drug-likeness (QED) is 0.336. The summed E-state index contributed by atoms with van der Waals surface area (Å²) in [6.07, 6.45) is 0. The van der Waals surface area contributed by atoms with E-state index in [9.17, 15) is 4.39 Å². The molecule has 2 aromatic carbocycles. The van der Waals surface area contributed by atoms with E-state index in [-0.39, 0.29) is 10.6 Å². The molecule has 2 aromatic rings. The van der Waals surface area contributed by atoms with Gasteiger partial charge in [-0.3, -0.25) is 0 Å². The fraction of sp³-hybridized carbons (Fsp3) is 0.250. The Hall–Kier alpha value is -0.140. The highest BCUT2D eigenvalue weighted by Gasteiger charge is 2.23. The summed E-state index contributed by atoms with van der Waals surface area (Å²) >= 11 is 9.50. The molecule has 0 spiro atoms. The highest BCUT2D eigenvalue weighted by atomic mass is 127. The largest absolute Gasteiger partial charge is 0.496 e. The fourth-order valence-corrected chi connectivity index (χ4v) is 5.04. The topological polar surface area (TPSA) is 9.23 Å². The molecule has 1 atom stereocenters. The van der Waals surface area contributed by atoms with Crippen LogP contribution in [0.15, 0.2) is 28.7 Å². The van der Waals surface area contributed by atoms with E-state index in [1.165, 1.54) is 12.1 Å². The van der Waals surface area contributed by atoms with Crippen LogP contribution in [0.25, 0.3) is 0 Å². The molecule has 0 aliphatic heterocycles. The zero-order chi connectivity index (χ0) is 15.7. The summed E-state index contributed by atoms with van der Waals surface area (Å²) in [4.78, 5) is -0.0591. The number of benzene rings is 2. The molecule has 0 saturated heterocycles. The van der Waals surface area contributed by atoms with Gasteiger partial charge < -0.3 is 4.74 Å². The summed E-state index contributed by atoms with van der Waals surface area (Å²) in [5.41, 5.74) is 4.26. The molecule has 0 radical (unpaired) electrons. The van der Waals surface area contributed by atoms with Crippen molar-refractivity contribution in [1.29, 1.82) is 0 Å². The highest BCUT2D eigenvalue weighted by Crippen LogP contribution is 2.44. The predicted octanol–water partition coefficient (Wildman–Crippen LogP) is 6.30. The summed E-state index contributed by atoms with van der Waals surface area (Å²) in [7, 11) is 1.68. The van der Waals surface area contributed by atoms with Crippen LogP contribution < -0.4 is 4.74 Å². The standard InChI is InChI=1S/C16H14Br2FIO/c1-8-6-12(17)9(2)14(16(8)21-3)15(18)11-5-4-10(19)7-13(11)20/h4-7,15H,1-3H3. The molecule has 5 heteroatoms. The Labute approximate surface area is 154 Å². The maximum Gasteiger partial charge on any atom is 0.126 e. The maximum absolute atomic E-state index is 13.3. The van der Waals surface area contributed by atoms with Gasteiger partial charge in [-0.15, -0.1) is 0 Å². The van der Waals surface area contributed by atoms with Gasteiger partial charge in [-0.25, -0.2) is 4.39 Å². The summed E-state index contributed by atoms with van der Waals surface area (Å²) in [5, 5.41) is 0. The third kappa shape index (κ3) is 3.45. The molecule has 0 saturated carbocycles. The van der Waals surface area contributed by atoms with Crippen LogP contribution in [0.2, 0.25) is 0 Å². The Morgan fingerprint density at radius 2 is 1.90 bits per heavy atom. The van der Waals surface area contributed by atoms with Gasteiger partial charge in [0.05, 0.1) is 11.9 Å². The third-order valence-corrected chi connectivity index (χ3v) is 6.11. The molecule has 112 valence electrons. The normalized spacial score (nSPS) is 12.3. The summed E-state index contributed by atoms with van der Waals surface area (Å²) < 4.78 is 20.8. The van der Waals surface area contributed by atoms with Gasteiger partial charge in [0.1, 0.15) is 11.6 Å². The summed E-state index contributed by atoms with van der Waals surface area (Å²) in [6, 6.07) is 6.88. The number of methoxy groups -OCH3 is 1. The van der Waals surface area contributed by atoms with Crippen molar-refractivity contribution < 1.29 is 9.13 Å². The summed E-state index contributed by atoms with van der Waals surface area (Å²) in [6.45, 7) is 4.06. The predicted molar refractivity (Wildman–Crippen MR) is 100 cm³/mol. The van der Waals surface area contributed by atoms with Crippen LogP contribution in [0.5, 0.6) is 5.75 Å². The van der Waals surface area contributed by atoms with Crippen molar-refractivity contribution in [3.05, 3.63) is 60.4 Å². The van der Waals surface area contributed by atoms with Crippen LogP contribution in [0.4, 0.5) is 4.39 Å². The minimum atomic E-state index is -0.225. The molecule has 0 heterocycles. The van der Waals surface area contributed by atoms with E-state index < -0.39 is 0 Å². The van der Waals surface area contributed by atoms with Crippen molar-refractivity contribution in [2.24, 2.45) is 0 Å². The van der Waals surface area contributed by atoms with Crippen LogP contribution in [-0.2, 0) is 0 Å². The van der Waals surface area contributed by atoms with E-state index >= 15 is 0 Å². The Balaban J connectivity index is 2.65. The van der Waals surface area contributed by atoms with Crippen LogP contribution in [0.1, 0.15) is 27.1 Å². The SMILES string of the molecule is COc1c(C)cc(Br)c(C)c1C(Br)c1ccc(F)cc1I. The number of halogens is 4. The first-order chi connectivity index (χ1) is 9.86. The van der Waals surface area contributed by atoms with E-state index in [1.807, 2.05) is 26.0 Å². The second-order valence-corrected chi connectivity index (χ2v) is 7.71. The molecular weight excluding hydrogens is 514 g/mol. The lowest BCUT2D eigenvalue weighted by atomic mass is 9.97. The lowest BCUT2D eigenvalue weighted by molar-refractivity contribution is 0.406. The van der Waals surface area contributed by atoms with E-state index in [4.69, 9.17) is 4.74 Å². The van der Waals surface area contributed by atoms with Crippen molar-refractivity contribution in [1.82, 2.24) is 0 Å². The van der Waals surface area contributed by atoms with Gasteiger partial charge in [-0.2, -0.15) is 0 Å². The molecular formula is C16H14Br2FIO. The number of hydrogen-bond acceptors (Lipinski definition) is 1. The zero-order valence-electron chi connectivity index (χ0n) is 11.8. The fourth-order valence-electron chi connectivity index (χ4n) is 2.31. The van der Waals surface area contributed by atoms with Gasteiger partial charge in [0.2, 0.25) is 0 Å². The van der Waals surface area contributed by atoms with E-state index in [2.05, 4.69) is 54.5 Å². The van der Waals surface area contributed by atoms with E-state index in [0.717, 1.165) is 36.0 Å². The molecule has 2 rings (SSSR count). The maximum atomic E-state index is 13.3. The molecule has 0 fully saturated rings. The van der Waals surface area contributed by atoms with Crippen molar-refractivity contribution >= 4 is 54.5 Å². The minimum Gasteiger partial charge on any atom is -0.496 e. The van der Waals surface area contributed by atoms with Gasteiger partial charge in [-0.1, -0.05) is 37.9 Å². The molecule has 0 amide bonds. The third-order valence-electron chi connectivity index (χ3n) is 3.40. The average molecular weight is 528 g/mol. The van der Waals surface area contributed by atoms with Crippen LogP contribution in [0.3, 0.4) is 0 Å². The Kier molecular flexibility index (Phi) is 5.71. The number of alkyl halides is 1. The first kappa shape index (κ1) is 17.2. The van der Waals surface area contributed by atoms with Gasteiger partial charge in [-0.05, 0) is 71.3 Å². The molecule has 21 heavy (non-hydrogen) atoms. The minimum absolute atomic E-state index is 0.0591. The second-order valence-electron chi connectivity index (χ2n) is 4.78. The molecule has 0 aliphatic rings. The van der Waals surface area contributed by atoms with Gasteiger partial charge in [0.15, 0.2) is 0 Å². The molecule has 0 aromatic heterocycles. The van der Waals surface area contributed by atoms with E-state index in [1.54, 1.807) is 7.11 Å². The lowest BCUT2D eigenvalue weighted by Crippen LogP contribution is -2.04. The van der Waals surface area contributed by atoms with Gasteiger partial charge in [0.25, 0.3) is 0 Å². The van der Waals surface area contributed by atoms with Gasteiger partial charge >= 0.3 is 0 Å². The zero-order valence-corrected chi connectivity index (χ0v) is 17.1. The van der Waals surface area contributed by atoms with E-state index in [0.29, 0.717) is 0 Å². The lowest BCUT2D eigenvalue weighted by Gasteiger charge is -2.21. The van der Waals surface area contributed by atoms with Crippen LogP contribution in [-0.4, -0.2) is 7.11 Å². The number of ether oxygens (including phenoxy) is 1. The Morgan fingerprint density at radius 3 is 2.48 bits per heavy atom. The molecule has 0 aliphatic carbocycles. The van der Waals surface area contributed by atoms with Crippen molar-refractivity contribution in [3.63, 3.8) is 0 Å². The molecule has 1 nitrogen and oxygen atoms in total. The number of aryl methyl sites for hydroxylation is 1. The Morgan fingerprint density at radius 1 is 1.24 bits per heavy atom. The molecule has 0 bridgehead atoms. The van der Waals surface area contributed by atoms with Crippen molar-refractivity contribution in [3.8, 4) is 5.75 Å². The molecule has 1 unspecified atom stereocenters. The van der Waals surface area contributed by atoms with Gasteiger partial charge in [0, 0.05) is 13.6 Å². The van der Waals surface area contributed by atoms with Crippen molar-refractivity contribution in [2.45, 2.75) is 18.7 Å². The smallest absolute Gasteiger partial charge is 0.126 e. The van der Waals surface area contributed by atoms with Crippen LogP contribution in [0, 0.1) is 23.2 Å². The Bertz CT molecular complexity index is 688. The summed E-state index contributed by atoms with van der Waals surface area (Å²) in [5.74, 6) is 0.634. The monoisotopic (exact) mass is 526 g/mol. The highest BCUT2D eigenvalue weighted by molar-refractivity contribution is 14.1. The van der Waals surface area contributed by atoms with Crippen molar-refractivity contribution in [2.75, 3.05) is 7.11 Å². The molecule has 0 N–H and O–H groups in total. The first-order valence-electron chi connectivity index (χ1n) is 6.29. The first-order valence-corrected chi connectivity index (χ1v) is 9.08. The second kappa shape index (κ2) is 6.96. The number of rotatable bonds is 3. The van der Waals surface area contributed by atoms with Crippen LogP contribution >= 0.6 is 54.5 Å². The average Bonchev–Trinajstić information content (AvgIpc) is 2.41. The number of hydrogen-bond donors (Lipinski definition) is 0.